The van der Waals surface area contributed by atoms with E-state index in [1.807, 2.05) is 6.26 Å². The highest BCUT2D eigenvalue weighted by Gasteiger charge is 2.43. The molecule has 1 aromatic heterocycles. The largest absolute Gasteiger partial charge is 0.469 e. The summed E-state index contributed by atoms with van der Waals surface area (Å²) in [6.07, 6.45) is 8.07. The predicted molar refractivity (Wildman–Crippen MR) is 65.4 cm³/mol. The molecule has 0 fully saturated rings. The summed E-state index contributed by atoms with van der Waals surface area (Å²) in [6.45, 7) is 7.03. The van der Waals surface area contributed by atoms with Gasteiger partial charge in [0.25, 0.3) is 0 Å². The summed E-state index contributed by atoms with van der Waals surface area (Å²) in [7, 11) is 0. The average molecular weight is 216 g/mol. The third kappa shape index (κ3) is 1.30. The molecule has 2 aliphatic rings. The highest BCUT2D eigenvalue weighted by atomic mass is 16.3. The first-order valence-corrected chi connectivity index (χ1v) is 6.33. The lowest BCUT2D eigenvalue weighted by molar-refractivity contribution is 0.188. The summed E-state index contributed by atoms with van der Waals surface area (Å²) in [5.41, 5.74) is 3.29. The zero-order valence-corrected chi connectivity index (χ0v) is 10.4. The van der Waals surface area contributed by atoms with E-state index in [9.17, 15) is 0 Å². The predicted octanol–water partition coefficient (Wildman–Crippen LogP) is 4.09. The van der Waals surface area contributed by atoms with Crippen LogP contribution in [0.1, 0.15) is 44.9 Å². The molecule has 1 heteroatoms. The van der Waals surface area contributed by atoms with Crippen LogP contribution in [0.5, 0.6) is 0 Å². The standard InChI is InChI=1S/C15H20O/c1-10-4-5-12-11(8-10)9-14-13(6-7-16-14)15(12,2)3/h6-8,11-12H,4-5,9H2,1-3H3/t11-,12-/m1/s1. The van der Waals surface area contributed by atoms with Gasteiger partial charge in [0.15, 0.2) is 0 Å². The normalized spacial score (nSPS) is 31.6. The van der Waals surface area contributed by atoms with Gasteiger partial charge in [-0.25, -0.2) is 0 Å². The molecule has 0 aromatic carbocycles. The minimum absolute atomic E-state index is 0.280. The molecule has 2 atom stereocenters. The molecule has 0 aliphatic heterocycles. The molecular formula is C15H20O. The Hall–Kier alpha value is -0.980. The van der Waals surface area contributed by atoms with Gasteiger partial charge in [0.2, 0.25) is 0 Å². The van der Waals surface area contributed by atoms with Crippen LogP contribution in [0.15, 0.2) is 28.4 Å². The molecule has 1 aromatic rings. The number of fused-ring (bicyclic) bond motifs is 2. The topological polar surface area (TPSA) is 13.1 Å². The highest BCUT2D eigenvalue weighted by Crippen LogP contribution is 2.49. The van der Waals surface area contributed by atoms with Crippen LogP contribution in [-0.4, -0.2) is 0 Å². The van der Waals surface area contributed by atoms with Gasteiger partial charge in [-0.2, -0.15) is 0 Å². The van der Waals surface area contributed by atoms with Crippen molar-refractivity contribution in [1.29, 1.82) is 0 Å². The molecule has 86 valence electrons. The molecular weight excluding hydrogens is 196 g/mol. The van der Waals surface area contributed by atoms with E-state index in [-0.39, 0.29) is 5.41 Å². The summed E-state index contributed by atoms with van der Waals surface area (Å²) in [4.78, 5) is 0. The summed E-state index contributed by atoms with van der Waals surface area (Å²) in [5, 5.41) is 0. The van der Waals surface area contributed by atoms with E-state index in [0.717, 1.165) is 12.3 Å². The van der Waals surface area contributed by atoms with Crippen LogP contribution in [0.3, 0.4) is 0 Å². The summed E-state index contributed by atoms with van der Waals surface area (Å²) in [6, 6.07) is 2.18. The highest BCUT2D eigenvalue weighted by molar-refractivity contribution is 5.33. The van der Waals surface area contributed by atoms with Crippen LogP contribution >= 0.6 is 0 Å². The lowest BCUT2D eigenvalue weighted by Crippen LogP contribution is -2.40. The molecule has 0 N–H and O–H groups in total. The van der Waals surface area contributed by atoms with E-state index in [1.165, 1.54) is 24.2 Å². The monoisotopic (exact) mass is 216 g/mol. The third-order valence-corrected chi connectivity index (χ3v) is 4.65. The first kappa shape index (κ1) is 10.2. The molecule has 2 aliphatic carbocycles. The van der Waals surface area contributed by atoms with E-state index in [4.69, 9.17) is 4.42 Å². The Labute approximate surface area is 97.5 Å². The Bertz CT molecular complexity index is 436. The molecule has 3 rings (SSSR count). The van der Waals surface area contributed by atoms with Gasteiger partial charge in [-0.3, -0.25) is 0 Å². The Morgan fingerprint density at radius 1 is 1.38 bits per heavy atom. The van der Waals surface area contributed by atoms with Gasteiger partial charge in [0, 0.05) is 6.42 Å². The van der Waals surface area contributed by atoms with Crippen LogP contribution in [0.4, 0.5) is 0 Å². The number of hydrogen-bond donors (Lipinski definition) is 0. The van der Waals surface area contributed by atoms with Crippen molar-refractivity contribution in [3.8, 4) is 0 Å². The van der Waals surface area contributed by atoms with Crippen molar-refractivity contribution in [3.63, 3.8) is 0 Å². The Kier molecular flexibility index (Phi) is 2.07. The van der Waals surface area contributed by atoms with Gasteiger partial charge in [0.1, 0.15) is 5.76 Å². The van der Waals surface area contributed by atoms with Gasteiger partial charge in [-0.15, -0.1) is 0 Å². The van der Waals surface area contributed by atoms with E-state index in [0.29, 0.717) is 5.92 Å². The summed E-state index contributed by atoms with van der Waals surface area (Å²) < 4.78 is 5.65. The zero-order chi connectivity index (χ0) is 11.3. The van der Waals surface area contributed by atoms with Gasteiger partial charge in [0.05, 0.1) is 6.26 Å². The first-order valence-electron chi connectivity index (χ1n) is 6.33. The molecule has 0 spiro atoms. The van der Waals surface area contributed by atoms with Crippen molar-refractivity contribution in [3.05, 3.63) is 35.3 Å². The second kappa shape index (κ2) is 3.26. The second-order valence-corrected chi connectivity index (χ2v) is 6.01. The fraction of sp³-hybridized carbons (Fsp3) is 0.600. The van der Waals surface area contributed by atoms with Crippen molar-refractivity contribution in [2.45, 2.75) is 45.4 Å². The maximum atomic E-state index is 5.65. The molecule has 0 amide bonds. The van der Waals surface area contributed by atoms with Crippen LogP contribution < -0.4 is 0 Å². The van der Waals surface area contributed by atoms with Crippen LogP contribution in [-0.2, 0) is 11.8 Å². The van der Waals surface area contributed by atoms with Gasteiger partial charge in [-0.1, -0.05) is 25.5 Å². The first-order chi connectivity index (χ1) is 7.59. The molecule has 0 bridgehead atoms. The Balaban J connectivity index is 2.08. The minimum atomic E-state index is 0.280. The fourth-order valence-corrected chi connectivity index (χ4v) is 3.75. The zero-order valence-electron chi connectivity index (χ0n) is 10.4. The smallest absolute Gasteiger partial charge is 0.108 e. The summed E-state index contributed by atoms with van der Waals surface area (Å²) in [5.74, 6) is 2.71. The number of allylic oxidation sites excluding steroid dienone is 2. The molecule has 0 radical (unpaired) electrons. The van der Waals surface area contributed by atoms with Crippen molar-refractivity contribution < 1.29 is 4.42 Å². The van der Waals surface area contributed by atoms with Crippen LogP contribution in [0.25, 0.3) is 0 Å². The SMILES string of the molecule is CC1=C[C@@H]2Cc3occc3C(C)(C)[C@@H]2CC1. The maximum absolute atomic E-state index is 5.65. The van der Waals surface area contributed by atoms with Crippen LogP contribution in [0.2, 0.25) is 0 Å². The fourth-order valence-electron chi connectivity index (χ4n) is 3.75. The molecule has 0 saturated heterocycles. The molecule has 1 nitrogen and oxygen atoms in total. The molecule has 0 unspecified atom stereocenters. The number of rotatable bonds is 0. The van der Waals surface area contributed by atoms with Gasteiger partial charge >= 0.3 is 0 Å². The molecule has 0 saturated carbocycles. The average Bonchev–Trinajstić information content (AvgIpc) is 2.65. The third-order valence-electron chi connectivity index (χ3n) is 4.65. The van der Waals surface area contributed by atoms with Crippen molar-refractivity contribution in [1.82, 2.24) is 0 Å². The quantitative estimate of drug-likeness (QED) is 0.595. The Morgan fingerprint density at radius 3 is 3.00 bits per heavy atom. The lowest BCUT2D eigenvalue weighted by atomic mass is 9.59. The van der Waals surface area contributed by atoms with Gasteiger partial charge in [-0.05, 0) is 48.6 Å². The molecule has 16 heavy (non-hydrogen) atoms. The van der Waals surface area contributed by atoms with Crippen molar-refractivity contribution in [2.24, 2.45) is 11.8 Å². The lowest BCUT2D eigenvalue weighted by Gasteiger charge is -2.44. The van der Waals surface area contributed by atoms with Crippen molar-refractivity contribution in [2.75, 3.05) is 0 Å². The van der Waals surface area contributed by atoms with E-state index >= 15 is 0 Å². The molecule has 1 heterocycles. The number of hydrogen-bond acceptors (Lipinski definition) is 1. The van der Waals surface area contributed by atoms with Crippen molar-refractivity contribution >= 4 is 0 Å². The Morgan fingerprint density at radius 2 is 2.19 bits per heavy atom. The second-order valence-electron chi connectivity index (χ2n) is 6.01. The minimum Gasteiger partial charge on any atom is -0.469 e. The summed E-state index contributed by atoms with van der Waals surface area (Å²) >= 11 is 0. The van der Waals surface area contributed by atoms with Gasteiger partial charge < -0.3 is 4.42 Å². The van der Waals surface area contributed by atoms with E-state index in [1.54, 1.807) is 5.57 Å². The maximum Gasteiger partial charge on any atom is 0.108 e. The number of furan rings is 1. The van der Waals surface area contributed by atoms with E-state index < -0.39 is 0 Å². The van der Waals surface area contributed by atoms with Crippen LogP contribution in [0, 0.1) is 11.8 Å². The van der Waals surface area contributed by atoms with E-state index in [2.05, 4.69) is 32.9 Å².